The second-order valence-electron chi connectivity index (χ2n) is 4.24. The predicted molar refractivity (Wildman–Crippen MR) is 75.4 cm³/mol. The first-order chi connectivity index (χ1) is 8.49. The molecule has 1 aliphatic heterocycles. The predicted octanol–water partition coefficient (Wildman–Crippen LogP) is 2.13. The number of rotatable bonds is 3. The van der Waals surface area contributed by atoms with Crippen molar-refractivity contribution in [3.8, 4) is 0 Å². The van der Waals surface area contributed by atoms with Gasteiger partial charge in [-0.2, -0.15) is 0 Å². The van der Waals surface area contributed by atoms with Gasteiger partial charge in [-0.1, -0.05) is 27.5 Å². The molecule has 0 aromatic heterocycles. The molecule has 100 valence electrons. The Morgan fingerprint density at radius 2 is 2.22 bits per heavy atom. The van der Waals surface area contributed by atoms with Gasteiger partial charge in [-0.3, -0.25) is 0 Å². The Kier molecular flexibility index (Phi) is 4.66. The van der Waals surface area contributed by atoms with E-state index in [1.54, 1.807) is 12.1 Å². The lowest BCUT2D eigenvalue weighted by molar-refractivity contribution is 0.428. The molecule has 1 fully saturated rings. The average molecular weight is 354 g/mol. The smallest absolute Gasteiger partial charge is 0.242 e. The highest BCUT2D eigenvalue weighted by Crippen LogP contribution is 2.25. The minimum Gasteiger partial charge on any atom is -0.315 e. The highest BCUT2D eigenvalue weighted by molar-refractivity contribution is 9.10. The van der Waals surface area contributed by atoms with Crippen LogP contribution in [0, 0.1) is 0 Å². The van der Waals surface area contributed by atoms with Crippen LogP contribution in [0.25, 0.3) is 0 Å². The Balaban J connectivity index is 2.19. The summed E-state index contributed by atoms with van der Waals surface area (Å²) in [6.07, 6.45) is 1.82. The fourth-order valence-electron chi connectivity index (χ4n) is 1.93. The molecule has 0 bridgehead atoms. The van der Waals surface area contributed by atoms with Gasteiger partial charge in [0, 0.05) is 17.1 Å². The highest BCUT2D eigenvalue weighted by Gasteiger charge is 2.23. The fourth-order valence-corrected chi connectivity index (χ4v) is 4.24. The van der Waals surface area contributed by atoms with Crippen molar-refractivity contribution < 1.29 is 8.42 Å². The summed E-state index contributed by atoms with van der Waals surface area (Å²) in [7, 11) is -3.55. The molecule has 1 aliphatic rings. The van der Waals surface area contributed by atoms with E-state index >= 15 is 0 Å². The summed E-state index contributed by atoms with van der Waals surface area (Å²) in [5.74, 6) is 0. The van der Waals surface area contributed by atoms with Crippen LogP contribution < -0.4 is 10.0 Å². The van der Waals surface area contributed by atoms with Crippen molar-refractivity contribution in [2.24, 2.45) is 0 Å². The minimum absolute atomic E-state index is 0.0662. The zero-order chi connectivity index (χ0) is 13.2. The number of sulfonamides is 1. The molecule has 0 amide bonds. The second-order valence-corrected chi connectivity index (χ2v) is 7.24. The zero-order valence-electron chi connectivity index (χ0n) is 9.62. The lowest BCUT2D eigenvalue weighted by Crippen LogP contribution is -2.45. The molecule has 1 aromatic rings. The van der Waals surface area contributed by atoms with Gasteiger partial charge in [0.05, 0.1) is 5.02 Å². The fraction of sp³-hybridized carbons (Fsp3) is 0.455. The summed E-state index contributed by atoms with van der Waals surface area (Å²) < 4.78 is 27.8. The van der Waals surface area contributed by atoms with Crippen molar-refractivity contribution in [2.75, 3.05) is 13.1 Å². The molecular formula is C11H14BrClN2O2S. The van der Waals surface area contributed by atoms with E-state index in [-0.39, 0.29) is 16.0 Å². The van der Waals surface area contributed by atoms with Crippen molar-refractivity contribution in [1.82, 2.24) is 10.0 Å². The quantitative estimate of drug-likeness (QED) is 0.875. The van der Waals surface area contributed by atoms with Crippen LogP contribution in [0.15, 0.2) is 27.6 Å². The van der Waals surface area contributed by atoms with Crippen LogP contribution in [0.4, 0.5) is 0 Å². The number of halogens is 2. The molecule has 2 N–H and O–H groups in total. The van der Waals surface area contributed by atoms with Crippen molar-refractivity contribution in [2.45, 2.75) is 23.8 Å². The largest absolute Gasteiger partial charge is 0.315 e. The number of benzene rings is 1. The maximum absolute atomic E-state index is 12.2. The molecule has 1 atom stereocenters. The van der Waals surface area contributed by atoms with E-state index in [2.05, 4.69) is 26.0 Å². The summed E-state index contributed by atoms with van der Waals surface area (Å²) in [6.45, 7) is 1.60. The Hall–Kier alpha value is -0.140. The van der Waals surface area contributed by atoms with Gasteiger partial charge in [0.1, 0.15) is 4.90 Å². The topological polar surface area (TPSA) is 58.2 Å². The van der Waals surface area contributed by atoms with E-state index in [0.717, 1.165) is 23.9 Å². The molecule has 0 aliphatic carbocycles. The van der Waals surface area contributed by atoms with E-state index in [9.17, 15) is 8.42 Å². The number of hydrogen-bond acceptors (Lipinski definition) is 3. The van der Waals surface area contributed by atoms with E-state index < -0.39 is 10.0 Å². The van der Waals surface area contributed by atoms with Gasteiger partial charge >= 0.3 is 0 Å². The van der Waals surface area contributed by atoms with Gasteiger partial charge in [0.15, 0.2) is 0 Å². The first kappa shape index (κ1) is 14.3. The molecule has 2 rings (SSSR count). The molecule has 0 saturated carbocycles. The molecule has 0 spiro atoms. The van der Waals surface area contributed by atoms with Crippen molar-refractivity contribution in [3.63, 3.8) is 0 Å². The van der Waals surface area contributed by atoms with Crippen LogP contribution in [-0.2, 0) is 10.0 Å². The molecule has 0 unspecified atom stereocenters. The van der Waals surface area contributed by atoms with Gasteiger partial charge in [-0.05, 0) is 37.6 Å². The van der Waals surface area contributed by atoms with Gasteiger partial charge in [-0.15, -0.1) is 0 Å². The van der Waals surface area contributed by atoms with E-state index in [0.29, 0.717) is 6.54 Å². The Labute approximate surface area is 120 Å². The van der Waals surface area contributed by atoms with Gasteiger partial charge in [0.2, 0.25) is 10.0 Å². The molecule has 0 radical (unpaired) electrons. The standard InChI is InChI=1S/C11H14BrClN2O2S/c12-8-3-4-11(10(13)6-8)18(16,17)15-9-2-1-5-14-7-9/h3-4,6,9,14-15H,1-2,5,7H2/t9-/m0/s1. The third kappa shape index (κ3) is 3.45. The van der Waals surface area contributed by atoms with Gasteiger partial charge in [-0.25, -0.2) is 13.1 Å². The normalized spacial score (nSPS) is 20.9. The van der Waals surface area contributed by atoms with Crippen LogP contribution in [0.1, 0.15) is 12.8 Å². The molecule has 1 aromatic carbocycles. The molecule has 1 saturated heterocycles. The van der Waals surface area contributed by atoms with Crippen LogP contribution in [0.3, 0.4) is 0 Å². The molecular weight excluding hydrogens is 340 g/mol. The van der Waals surface area contributed by atoms with Crippen LogP contribution >= 0.6 is 27.5 Å². The Bertz CT molecular complexity index is 530. The Morgan fingerprint density at radius 3 is 2.83 bits per heavy atom. The van der Waals surface area contributed by atoms with Crippen LogP contribution in [-0.4, -0.2) is 27.5 Å². The maximum Gasteiger partial charge on any atom is 0.242 e. The first-order valence-electron chi connectivity index (χ1n) is 5.67. The SMILES string of the molecule is O=S(=O)(N[C@H]1CCCNC1)c1ccc(Br)cc1Cl. The van der Waals surface area contributed by atoms with Crippen molar-refractivity contribution in [3.05, 3.63) is 27.7 Å². The van der Waals surface area contributed by atoms with E-state index in [1.165, 1.54) is 6.07 Å². The monoisotopic (exact) mass is 352 g/mol. The first-order valence-corrected chi connectivity index (χ1v) is 8.32. The highest BCUT2D eigenvalue weighted by atomic mass is 79.9. The summed E-state index contributed by atoms with van der Waals surface area (Å²) in [4.78, 5) is 0.123. The van der Waals surface area contributed by atoms with Crippen LogP contribution in [0.5, 0.6) is 0 Å². The second kappa shape index (κ2) is 5.88. The molecule has 18 heavy (non-hydrogen) atoms. The minimum atomic E-state index is -3.55. The van der Waals surface area contributed by atoms with E-state index in [4.69, 9.17) is 11.6 Å². The average Bonchev–Trinajstić information content (AvgIpc) is 2.29. The van der Waals surface area contributed by atoms with Crippen molar-refractivity contribution >= 4 is 37.6 Å². The molecule has 1 heterocycles. The third-order valence-electron chi connectivity index (χ3n) is 2.80. The van der Waals surface area contributed by atoms with Crippen LogP contribution in [0.2, 0.25) is 5.02 Å². The van der Waals surface area contributed by atoms with E-state index in [1.807, 2.05) is 0 Å². The van der Waals surface area contributed by atoms with Gasteiger partial charge in [0.25, 0.3) is 0 Å². The lowest BCUT2D eigenvalue weighted by Gasteiger charge is -2.23. The third-order valence-corrected chi connectivity index (χ3v) is 5.30. The summed E-state index contributed by atoms with van der Waals surface area (Å²) in [5.41, 5.74) is 0. The number of nitrogens with one attached hydrogen (secondary N) is 2. The summed E-state index contributed by atoms with van der Waals surface area (Å²) in [6, 6.07) is 4.68. The Morgan fingerprint density at radius 1 is 1.44 bits per heavy atom. The summed E-state index contributed by atoms with van der Waals surface area (Å²) in [5, 5.41) is 3.39. The number of hydrogen-bond donors (Lipinski definition) is 2. The molecule has 4 nitrogen and oxygen atoms in total. The number of piperidine rings is 1. The molecule has 7 heteroatoms. The summed E-state index contributed by atoms with van der Waals surface area (Å²) >= 11 is 9.22. The lowest BCUT2D eigenvalue weighted by atomic mass is 10.1. The van der Waals surface area contributed by atoms with Crippen molar-refractivity contribution in [1.29, 1.82) is 0 Å². The maximum atomic E-state index is 12.2. The van der Waals surface area contributed by atoms with Gasteiger partial charge < -0.3 is 5.32 Å². The zero-order valence-corrected chi connectivity index (χ0v) is 12.8.